The third-order valence-corrected chi connectivity index (χ3v) is 11.4. The molecule has 33 heavy (non-hydrogen) atoms. The van der Waals surface area contributed by atoms with Crippen molar-refractivity contribution < 1.29 is 9.16 Å². The van der Waals surface area contributed by atoms with Crippen LogP contribution in [0.3, 0.4) is 0 Å². The molecule has 3 heteroatoms. The van der Waals surface area contributed by atoms with E-state index < -0.39 is 8.32 Å². The Morgan fingerprint density at radius 2 is 1.52 bits per heavy atom. The van der Waals surface area contributed by atoms with E-state index in [4.69, 9.17) is 9.16 Å². The van der Waals surface area contributed by atoms with Crippen molar-refractivity contribution in [1.82, 2.24) is 0 Å². The average Bonchev–Trinajstić information content (AvgIpc) is 3.31. The lowest BCUT2D eigenvalue weighted by Gasteiger charge is -2.37. The Balaban J connectivity index is 2.53. The van der Waals surface area contributed by atoms with Gasteiger partial charge in [-0.05, 0) is 90.4 Å². The van der Waals surface area contributed by atoms with Gasteiger partial charge in [0.05, 0.1) is 17.5 Å². The van der Waals surface area contributed by atoms with Crippen molar-refractivity contribution in [2.24, 2.45) is 0 Å². The summed E-state index contributed by atoms with van der Waals surface area (Å²) < 4.78 is 12.4. The lowest BCUT2D eigenvalue weighted by molar-refractivity contribution is 0.320. The van der Waals surface area contributed by atoms with Crippen LogP contribution in [0.15, 0.2) is 35.1 Å². The first-order valence-corrected chi connectivity index (χ1v) is 16.0. The van der Waals surface area contributed by atoms with Crippen molar-refractivity contribution in [3.63, 3.8) is 0 Å². The topological polar surface area (TPSA) is 21.8 Å². The van der Waals surface area contributed by atoms with Gasteiger partial charge < -0.3 is 9.16 Å². The quantitative estimate of drug-likeness (QED) is 0.0664. The maximum atomic E-state index is 6.67. The highest BCUT2D eigenvalue weighted by molar-refractivity contribution is 6.74. The minimum absolute atomic E-state index is 0.115. The molecular weight excluding hydrogens is 420 g/mol. The second kappa shape index (κ2) is 13.6. The van der Waals surface area contributed by atoms with Gasteiger partial charge >= 0.3 is 0 Å². The van der Waals surface area contributed by atoms with E-state index in [9.17, 15) is 0 Å². The van der Waals surface area contributed by atoms with Crippen LogP contribution < -0.4 is 0 Å². The number of hydrogen-bond donors (Lipinski definition) is 0. The largest absolute Gasteiger partial charge is 0.547 e. The molecule has 1 aliphatic rings. The van der Waals surface area contributed by atoms with Crippen molar-refractivity contribution in [3.05, 3.63) is 35.1 Å². The van der Waals surface area contributed by atoms with Crippen molar-refractivity contribution in [2.75, 3.05) is 0 Å². The first kappa shape index (κ1) is 29.8. The molecular formula is C30H52O2Si. The van der Waals surface area contributed by atoms with Crippen molar-refractivity contribution in [3.8, 4) is 11.8 Å². The number of unbranched alkanes of at least 4 members (excludes halogenated alkanes) is 1. The number of ether oxygens (including phenoxy) is 1. The first-order chi connectivity index (χ1) is 15.3. The summed E-state index contributed by atoms with van der Waals surface area (Å²) in [5, 5.41) is 0.214. The molecule has 0 aromatic carbocycles. The Morgan fingerprint density at radius 3 is 2.06 bits per heavy atom. The Bertz CT molecular complexity index is 750. The van der Waals surface area contributed by atoms with E-state index >= 15 is 0 Å². The van der Waals surface area contributed by atoms with Gasteiger partial charge in [-0.1, -0.05) is 51.0 Å². The molecule has 0 saturated carbocycles. The standard InChI is InChI=1S/C30H52O2Si/c1-11-12-13-14-15-21-27(32-33(9,10)29(4,5)6)22-17-20-25(2)18-16-19-26(3)23-24-28-30(7,8)31-28/h19-21,28H,11,14-18,22-24H2,1-10H3/b25-20+,26-19+,27-21-/t28-/m0/s1. The van der Waals surface area contributed by atoms with Crippen LogP contribution in [-0.2, 0) is 9.16 Å². The summed E-state index contributed by atoms with van der Waals surface area (Å²) >= 11 is 0. The summed E-state index contributed by atoms with van der Waals surface area (Å²) in [5.74, 6) is 7.59. The number of allylic oxidation sites excluding steroid dienone is 6. The molecule has 1 heterocycles. The molecule has 1 rings (SSSR count). The molecule has 0 amide bonds. The zero-order valence-electron chi connectivity index (χ0n) is 23.5. The second-order valence-electron chi connectivity index (χ2n) is 11.7. The highest BCUT2D eigenvalue weighted by atomic mass is 28.4. The molecule has 188 valence electrons. The molecule has 0 spiro atoms. The van der Waals surface area contributed by atoms with E-state index in [0.717, 1.165) is 57.8 Å². The summed E-state index contributed by atoms with van der Waals surface area (Å²) in [6.45, 7) is 22.6. The summed E-state index contributed by atoms with van der Waals surface area (Å²) in [7, 11) is -1.82. The van der Waals surface area contributed by atoms with Crippen molar-refractivity contribution >= 4 is 8.32 Å². The number of hydrogen-bond acceptors (Lipinski definition) is 2. The average molecular weight is 473 g/mol. The van der Waals surface area contributed by atoms with E-state index in [1.54, 1.807) is 0 Å². The molecule has 0 aromatic rings. The predicted molar refractivity (Wildman–Crippen MR) is 148 cm³/mol. The van der Waals surface area contributed by atoms with Gasteiger partial charge in [0.2, 0.25) is 8.32 Å². The van der Waals surface area contributed by atoms with Crippen LogP contribution in [0.5, 0.6) is 0 Å². The fraction of sp³-hybridized carbons (Fsp3) is 0.733. The maximum Gasteiger partial charge on any atom is 0.250 e. The molecule has 1 aliphatic heterocycles. The van der Waals surface area contributed by atoms with E-state index in [1.165, 1.54) is 16.9 Å². The van der Waals surface area contributed by atoms with E-state index in [-0.39, 0.29) is 10.6 Å². The Kier molecular flexibility index (Phi) is 12.3. The monoisotopic (exact) mass is 472 g/mol. The zero-order valence-corrected chi connectivity index (χ0v) is 24.5. The third kappa shape index (κ3) is 12.1. The van der Waals surface area contributed by atoms with E-state index in [0.29, 0.717) is 6.10 Å². The minimum atomic E-state index is -1.82. The molecule has 0 unspecified atom stereocenters. The molecule has 1 fully saturated rings. The van der Waals surface area contributed by atoms with Gasteiger partial charge in [-0.25, -0.2) is 0 Å². The van der Waals surface area contributed by atoms with Gasteiger partial charge in [0.1, 0.15) is 0 Å². The molecule has 1 atom stereocenters. The molecule has 0 radical (unpaired) electrons. The fourth-order valence-electron chi connectivity index (χ4n) is 3.50. The summed E-state index contributed by atoms with van der Waals surface area (Å²) in [6, 6.07) is 0. The van der Waals surface area contributed by atoms with Gasteiger partial charge in [-0.2, -0.15) is 0 Å². The third-order valence-electron chi connectivity index (χ3n) is 7.02. The van der Waals surface area contributed by atoms with Gasteiger partial charge in [0, 0.05) is 19.3 Å². The summed E-state index contributed by atoms with van der Waals surface area (Å²) in [4.78, 5) is 0. The van der Waals surface area contributed by atoms with Crippen LogP contribution in [0.1, 0.15) is 113 Å². The zero-order chi connectivity index (χ0) is 25.1. The normalized spacial score (nSPS) is 19.2. The Morgan fingerprint density at radius 1 is 0.939 bits per heavy atom. The summed E-state index contributed by atoms with van der Waals surface area (Å²) in [5.41, 5.74) is 3.09. The molecule has 0 bridgehead atoms. The van der Waals surface area contributed by atoms with Crippen LogP contribution in [0.2, 0.25) is 18.1 Å². The molecule has 0 aliphatic carbocycles. The minimum Gasteiger partial charge on any atom is -0.547 e. The molecule has 0 aromatic heterocycles. The molecule has 0 N–H and O–H groups in total. The SMILES string of the molecule is CCC#CCC/C=C(/CC/C=C(\C)CC/C=C(\C)CC[C@@H]1OC1(C)C)O[Si](C)(C)C(C)(C)C. The Hall–Kier alpha value is -1.24. The number of rotatable bonds is 13. The predicted octanol–water partition coefficient (Wildman–Crippen LogP) is 9.50. The van der Waals surface area contributed by atoms with Crippen LogP contribution >= 0.6 is 0 Å². The highest BCUT2D eigenvalue weighted by Gasteiger charge is 2.46. The molecule has 2 nitrogen and oxygen atoms in total. The highest BCUT2D eigenvalue weighted by Crippen LogP contribution is 2.39. The lowest BCUT2D eigenvalue weighted by Crippen LogP contribution is -2.40. The smallest absolute Gasteiger partial charge is 0.250 e. The Labute approximate surface area is 207 Å². The van der Waals surface area contributed by atoms with Crippen LogP contribution in [0.25, 0.3) is 0 Å². The van der Waals surface area contributed by atoms with Gasteiger partial charge in [0.25, 0.3) is 0 Å². The second-order valence-corrected chi connectivity index (χ2v) is 16.4. The van der Waals surface area contributed by atoms with Crippen molar-refractivity contribution in [2.45, 2.75) is 143 Å². The maximum absolute atomic E-state index is 6.67. The number of epoxide rings is 1. The van der Waals surface area contributed by atoms with Gasteiger partial charge in [-0.15, -0.1) is 11.8 Å². The van der Waals surface area contributed by atoms with Crippen LogP contribution in [-0.4, -0.2) is 20.0 Å². The van der Waals surface area contributed by atoms with Crippen molar-refractivity contribution in [1.29, 1.82) is 0 Å². The van der Waals surface area contributed by atoms with Gasteiger partial charge in [-0.3, -0.25) is 0 Å². The summed E-state index contributed by atoms with van der Waals surface area (Å²) in [6.07, 6.45) is 17.0. The van der Waals surface area contributed by atoms with E-state index in [2.05, 4.69) is 98.6 Å². The van der Waals surface area contributed by atoms with E-state index in [1.807, 2.05) is 0 Å². The lowest BCUT2D eigenvalue weighted by atomic mass is 10.0. The first-order valence-electron chi connectivity index (χ1n) is 13.1. The van der Waals surface area contributed by atoms with Crippen LogP contribution in [0, 0.1) is 11.8 Å². The molecule has 1 saturated heterocycles. The van der Waals surface area contributed by atoms with Gasteiger partial charge in [0.15, 0.2) is 0 Å². The fourth-order valence-corrected chi connectivity index (χ4v) is 4.65. The van der Waals surface area contributed by atoms with Crippen LogP contribution in [0.4, 0.5) is 0 Å².